The van der Waals surface area contributed by atoms with E-state index < -0.39 is 18.4 Å². The Balaban J connectivity index is 3.08. The molecular formula is C12H12BrF3O3. The van der Waals surface area contributed by atoms with Crippen molar-refractivity contribution in [1.29, 1.82) is 0 Å². The molecule has 0 spiro atoms. The van der Waals surface area contributed by atoms with E-state index in [0.717, 1.165) is 12.1 Å². The third-order valence-corrected chi connectivity index (χ3v) is 2.82. The van der Waals surface area contributed by atoms with Crippen LogP contribution in [0.2, 0.25) is 0 Å². The summed E-state index contributed by atoms with van der Waals surface area (Å²) in [7, 11) is 0. The molecule has 1 rings (SSSR count). The third kappa shape index (κ3) is 4.74. The van der Waals surface area contributed by atoms with Crippen LogP contribution in [0, 0.1) is 5.82 Å². The zero-order chi connectivity index (χ0) is 14.4. The van der Waals surface area contributed by atoms with Crippen LogP contribution >= 0.6 is 15.9 Å². The molecule has 0 aliphatic carbocycles. The van der Waals surface area contributed by atoms with Crippen LogP contribution in [-0.2, 0) is 21.3 Å². The second-order valence-electron chi connectivity index (χ2n) is 3.54. The first-order valence-electron chi connectivity index (χ1n) is 5.45. The number of ether oxygens (including phenoxy) is 2. The number of esters is 1. The molecule has 0 bridgehead atoms. The molecule has 1 aromatic carbocycles. The maximum Gasteiger partial charge on any atom is 0.387 e. The molecule has 0 fully saturated rings. The van der Waals surface area contributed by atoms with Gasteiger partial charge in [-0.3, -0.25) is 4.79 Å². The van der Waals surface area contributed by atoms with Crippen LogP contribution in [0.1, 0.15) is 18.1 Å². The van der Waals surface area contributed by atoms with Crippen molar-refractivity contribution in [3.05, 3.63) is 29.1 Å². The molecule has 1 aromatic rings. The van der Waals surface area contributed by atoms with Crippen molar-refractivity contribution < 1.29 is 27.4 Å². The van der Waals surface area contributed by atoms with Gasteiger partial charge in [0.2, 0.25) is 0 Å². The number of hydrogen-bond acceptors (Lipinski definition) is 3. The Morgan fingerprint density at radius 3 is 2.63 bits per heavy atom. The number of hydrogen-bond donors (Lipinski definition) is 0. The second kappa shape index (κ2) is 7.37. The van der Waals surface area contributed by atoms with Crippen LogP contribution < -0.4 is 4.74 Å². The summed E-state index contributed by atoms with van der Waals surface area (Å²) in [5, 5.41) is 0.157. The Bertz CT molecular complexity index is 452. The van der Waals surface area contributed by atoms with Gasteiger partial charge in [-0.25, -0.2) is 4.39 Å². The average Bonchev–Trinajstić information content (AvgIpc) is 2.27. The van der Waals surface area contributed by atoms with Gasteiger partial charge in [0.15, 0.2) is 0 Å². The lowest BCUT2D eigenvalue weighted by Gasteiger charge is -2.13. The van der Waals surface area contributed by atoms with E-state index in [9.17, 15) is 18.0 Å². The molecule has 0 radical (unpaired) electrons. The van der Waals surface area contributed by atoms with Crippen molar-refractivity contribution in [1.82, 2.24) is 0 Å². The fourth-order valence-corrected chi connectivity index (χ4v) is 2.18. The van der Waals surface area contributed by atoms with Crippen LogP contribution in [0.5, 0.6) is 5.75 Å². The van der Waals surface area contributed by atoms with Gasteiger partial charge >= 0.3 is 12.6 Å². The molecule has 7 heteroatoms. The predicted molar refractivity (Wildman–Crippen MR) is 66.0 cm³/mol. The number of rotatable bonds is 6. The maximum absolute atomic E-state index is 13.3. The predicted octanol–water partition coefficient (Wildman–Crippen LogP) is 3.43. The van der Waals surface area contributed by atoms with Gasteiger partial charge in [0.05, 0.1) is 13.0 Å². The van der Waals surface area contributed by atoms with Gasteiger partial charge < -0.3 is 9.47 Å². The van der Waals surface area contributed by atoms with Crippen molar-refractivity contribution in [2.24, 2.45) is 0 Å². The molecule has 0 saturated carbocycles. The first-order valence-corrected chi connectivity index (χ1v) is 6.57. The summed E-state index contributed by atoms with van der Waals surface area (Å²) in [4.78, 5) is 11.4. The zero-order valence-corrected chi connectivity index (χ0v) is 11.7. The second-order valence-corrected chi connectivity index (χ2v) is 4.10. The molecule has 0 aliphatic rings. The minimum Gasteiger partial charge on any atom is -0.466 e. The fourth-order valence-electron chi connectivity index (χ4n) is 1.54. The van der Waals surface area contributed by atoms with Gasteiger partial charge in [0, 0.05) is 17.0 Å². The van der Waals surface area contributed by atoms with Crippen LogP contribution in [0.15, 0.2) is 12.1 Å². The molecule has 0 atom stereocenters. The van der Waals surface area contributed by atoms with Gasteiger partial charge in [-0.1, -0.05) is 15.9 Å². The lowest BCUT2D eigenvalue weighted by Crippen LogP contribution is -2.11. The highest BCUT2D eigenvalue weighted by molar-refractivity contribution is 9.08. The smallest absolute Gasteiger partial charge is 0.387 e. The van der Waals surface area contributed by atoms with E-state index in [1.54, 1.807) is 6.92 Å². The van der Waals surface area contributed by atoms with E-state index in [0.29, 0.717) is 5.56 Å². The van der Waals surface area contributed by atoms with Crippen LogP contribution in [0.4, 0.5) is 13.2 Å². The van der Waals surface area contributed by atoms with E-state index in [1.165, 1.54) is 0 Å². The summed E-state index contributed by atoms with van der Waals surface area (Å²) in [6.45, 7) is -1.23. The summed E-state index contributed by atoms with van der Waals surface area (Å²) in [6.07, 6.45) is -0.202. The molecule has 0 aliphatic heterocycles. The van der Waals surface area contributed by atoms with Crippen LogP contribution in [0.3, 0.4) is 0 Å². The molecule has 19 heavy (non-hydrogen) atoms. The van der Waals surface area contributed by atoms with Crippen molar-refractivity contribution in [2.75, 3.05) is 6.61 Å². The van der Waals surface area contributed by atoms with Gasteiger partial charge in [0.25, 0.3) is 0 Å². The quantitative estimate of drug-likeness (QED) is 0.588. The minimum absolute atomic E-state index is 0.157. The minimum atomic E-state index is -3.06. The fraction of sp³-hybridized carbons (Fsp3) is 0.417. The van der Waals surface area contributed by atoms with E-state index in [2.05, 4.69) is 20.7 Å². The Kier molecular flexibility index (Phi) is 6.14. The Morgan fingerprint density at radius 1 is 1.42 bits per heavy atom. The normalized spacial score (nSPS) is 10.6. The molecule has 0 amide bonds. The molecule has 0 aromatic heterocycles. The molecule has 0 N–H and O–H groups in total. The number of halogens is 4. The number of carbonyl (C=O) groups excluding carboxylic acids is 1. The highest BCUT2D eigenvalue weighted by atomic mass is 79.9. The molecule has 0 saturated heterocycles. The number of alkyl halides is 3. The largest absolute Gasteiger partial charge is 0.466 e. The Morgan fingerprint density at radius 2 is 2.11 bits per heavy atom. The summed E-state index contributed by atoms with van der Waals surface area (Å²) in [5.41, 5.74) is 0.556. The van der Waals surface area contributed by atoms with Gasteiger partial charge in [-0.2, -0.15) is 8.78 Å². The zero-order valence-electron chi connectivity index (χ0n) is 10.1. The summed E-state index contributed by atoms with van der Waals surface area (Å²) in [5.74, 6) is -1.59. The van der Waals surface area contributed by atoms with Crippen molar-refractivity contribution >= 4 is 21.9 Å². The van der Waals surface area contributed by atoms with Crippen LogP contribution in [-0.4, -0.2) is 19.2 Å². The summed E-state index contributed by atoms with van der Waals surface area (Å²) < 4.78 is 46.8. The van der Waals surface area contributed by atoms with Crippen LogP contribution in [0.25, 0.3) is 0 Å². The summed E-state index contributed by atoms with van der Waals surface area (Å²) in [6, 6.07) is 1.96. The molecule has 0 heterocycles. The first-order chi connectivity index (χ1) is 8.97. The van der Waals surface area contributed by atoms with E-state index in [4.69, 9.17) is 4.74 Å². The molecule has 106 valence electrons. The van der Waals surface area contributed by atoms with Gasteiger partial charge in [-0.15, -0.1) is 0 Å². The number of benzene rings is 1. The van der Waals surface area contributed by atoms with Crippen molar-refractivity contribution in [2.45, 2.75) is 25.3 Å². The highest BCUT2D eigenvalue weighted by Crippen LogP contribution is 2.28. The monoisotopic (exact) mass is 340 g/mol. The molecule has 3 nitrogen and oxygen atoms in total. The molecular weight excluding hydrogens is 329 g/mol. The SMILES string of the molecule is CCOC(=O)Cc1cc(F)cc(OC(F)F)c1CBr. The Hall–Kier alpha value is -1.24. The van der Waals surface area contributed by atoms with E-state index in [-0.39, 0.29) is 29.7 Å². The lowest BCUT2D eigenvalue weighted by molar-refractivity contribution is -0.142. The van der Waals surface area contributed by atoms with E-state index in [1.807, 2.05) is 0 Å². The first kappa shape index (κ1) is 15.8. The van der Waals surface area contributed by atoms with E-state index >= 15 is 0 Å². The standard InChI is InChI=1S/C12H12BrF3O3/c1-2-18-11(17)4-7-3-8(14)5-10(9(7)6-13)19-12(15)16/h3,5,12H,2,4,6H2,1H3. The highest BCUT2D eigenvalue weighted by Gasteiger charge is 2.17. The van der Waals surface area contributed by atoms with Crippen molar-refractivity contribution in [3.63, 3.8) is 0 Å². The van der Waals surface area contributed by atoms with Crippen molar-refractivity contribution in [3.8, 4) is 5.75 Å². The maximum atomic E-state index is 13.3. The molecule has 0 unspecified atom stereocenters. The topological polar surface area (TPSA) is 35.5 Å². The third-order valence-electron chi connectivity index (χ3n) is 2.26. The number of carbonyl (C=O) groups is 1. The van der Waals surface area contributed by atoms with Gasteiger partial charge in [0.1, 0.15) is 11.6 Å². The summed E-state index contributed by atoms with van der Waals surface area (Å²) >= 11 is 3.10. The lowest BCUT2D eigenvalue weighted by atomic mass is 10.0. The average molecular weight is 341 g/mol. The van der Waals surface area contributed by atoms with Gasteiger partial charge in [-0.05, 0) is 18.6 Å². The Labute approximate surface area is 116 Å².